The van der Waals surface area contributed by atoms with Crippen LogP contribution in [0.15, 0.2) is 60.0 Å². The van der Waals surface area contributed by atoms with Gasteiger partial charge in [0.15, 0.2) is 5.13 Å². The van der Waals surface area contributed by atoms with Gasteiger partial charge in [0, 0.05) is 16.9 Å². The number of benzene rings is 2. The number of hydrogen-bond donors (Lipinski definition) is 1. The van der Waals surface area contributed by atoms with Gasteiger partial charge >= 0.3 is 0 Å². The second-order valence-corrected chi connectivity index (χ2v) is 7.66. The number of ether oxygens (including phenoxy) is 1. The highest BCUT2D eigenvalue weighted by molar-refractivity contribution is 7.14. The molecule has 1 saturated carbocycles. The van der Waals surface area contributed by atoms with Gasteiger partial charge in [-0.15, -0.1) is 11.3 Å². The number of rotatable bonds is 5. The lowest BCUT2D eigenvalue weighted by atomic mass is 9.89. The minimum Gasteiger partial charge on any atom is -0.457 e. The Bertz CT molecular complexity index is 884. The fourth-order valence-corrected chi connectivity index (χ4v) is 4.08. The SMILES string of the molecule is O=C(Nc1nc(-c2ccc(Oc3ccccc3)cc2)cs1)C1CCCCC1. The van der Waals surface area contributed by atoms with Crippen LogP contribution in [0.3, 0.4) is 0 Å². The van der Waals surface area contributed by atoms with Gasteiger partial charge < -0.3 is 10.1 Å². The first-order valence-electron chi connectivity index (χ1n) is 9.38. The van der Waals surface area contributed by atoms with E-state index in [2.05, 4.69) is 10.3 Å². The molecule has 4 rings (SSSR count). The van der Waals surface area contributed by atoms with Crippen molar-refractivity contribution in [1.82, 2.24) is 4.98 Å². The summed E-state index contributed by atoms with van der Waals surface area (Å²) in [5, 5.41) is 5.64. The van der Waals surface area contributed by atoms with Crippen LogP contribution in [0, 0.1) is 5.92 Å². The van der Waals surface area contributed by atoms with E-state index in [-0.39, 0.29) is 11.8 Å². The number of nitrogens with one attached hydrogen (secondary N) is 1. The number of amides is 1. The molecule has 27 heavy (non-hydrogen) atoms. The zero-order valence-electron chi connectivity index (χ0n) is 15.1. The summed E-state index contributed by atoms with van der Waals surface area (Å²) >= 11 is 1.47. The zero-order chi connectivity index (χ0) is 18.5. The number of anilines is 1. The molecular formula is C22H22N2O2S. The summed E-state index contributed by atoms with van der Waals surface area (Å²) in [5.41, 5.74) is 1.87. The molecule has 0 unspecified atom stereocenters. The Morgan fingerprint density at radius 1 is 0.963 bits per heavy atom. The Balaban J connectivity index is 1.39. The van der Waals surface area contributed by atoms with Crippen LogP contribution < -0.4 is 10.1 Å². The molecule has 4 nitrogen and oxygen atoms in total. The van der Waals surface area contributed by atoms with E-state index in [0.717, 1.165) is 48.4 Å². The van der Waals surface area contributed by atoms with Gasteiger partial charge in [-0.3, -0.25) is 4.79 Å². The Labute approximate surface area is 163 Å². The maximum absolute atomic E-state index is 12.4. The molecule has 2 aromatic carbocycles. The van der Waals surface area contributed by atoms with E-state index >= 15 is 0 Å². The standard InChI is InChI=1S/C22H22N2O2S/c25-21(17-7-3-1-4-8-17)24-22-23-20(15-27-22)16-11-13-19(14-12-16)26-18-9-5-2-6-10-18/h2,5-6,9-15,17H,1,3-4,7-8H2,(H,23,24,25). The van der Waals surface area contributed by atoms with Crippen molar-refractivity contribution >= 4 is 22.4 Å². The van der Waals surface area contributed by atoms with E-state index in [1.165, 1.54) is 17.8 Å². The van der Waals surface area contributed by atoms with E-state index in [9.17, 15) is 4.79 Å². The minimum atomic E-state index is 0.113. The second-order valence-electron chi connectivity index (χ2n) is 6.80. The molecule has 0 saturated heterocycles. The highest BCUT2D eigenvalue weighted by Gasteiger charge is 2.21. The van der Waals surface area contributed by atoms with Gasteiger partial charge in [0.25, 0.3) is 0 Å². The highest BCUT2D eigenvalue weighted by atomic mass is 32.1. The lowest BCUT2D eigenvalue weighted by Crippen LogP contribution is -2.24. The molecule has 1 N–H and O–H groups in total. The first-order valence-corrected chi connectivity index (χ1v) is 10.3. The fraction of sp³-hybridized carbons (Fsp3) is 0.273. The van der Waals surface area contributed by atoms with Crippen LogP contribution in [0.2, 0.25) is 0 Å². The average molecular weight is 378 g/mol. The molecule has 1 aromatic heterocycles. The zero-order valence-corrected chi connectivity index (χ0v) is 15.9. The summed E-state index contributed by atoms with van der Waals surface area (Å²) in [4.78, 5) is 16.9. The van der Waals surface area contributed by atoms with Crippen molar-refractivity contribution in [2.45, 2.75) is 32.1 Å². The molecule has 1 aliphatic rings. The van der Waals surface area contributed by atoms with Crippen molar-refractivity contribution < 1.29 is 9.53 Å². The summed E-state index contributed by atoms with van der Waals surface area (Å²) in [6.07, 6.45) is 5.53. The maximum atomic E-state index is 12.4. The Morgan fingerprint density at radius 3 is 2.41 bits per heavy atom. The number of thiazole rings is 1. The molecule has 1 fully saturated rings. The van der Waals surface area contributed by atoms with Crippen LogP contribution in [0.4, 0.5) is 5.13 Å². The molecular weight excluding hydrogens is 356 g/mol. The van der Waals surface area contributed by atoms with E-state index in [1.807, 2.05) is 60.0 Å². The van der Waals surface area contributed by atoms with Crippen LogP contribution in [-0.2, 0) is 4.79 Å². The van der Waals surface area contributed by atoms with Crippen molar-refractivity contribution in [1.29, 1.82) is 0 Å². The summed E-state index contributed by atoms with van der Waals surface area (Å²) in [7, 11) is 0. The Kier molecular flexibility index (Phi) is 5.49. The molecule has 0 bridgehead atoms. The Hall–Kier alpha value is -2.66. The summed E-state index contributed by atoms with van der Waals surface area (Å²) in [6, 6.07) is 17.5. The summed E-state index contributed by atoms with van der Waals surface area (Å²) in [5.74, 6) is 1.85. The molecule has 1 heterocycles. The highest BCUT2D eigenvalue weighted by Crippen LogP contribution is 2.30. The number of carbonyl (C=O) groups is 1. The van der Waals surface area contributed by atoms with Gasteiger partial charge in [-0.2, -0.15) is 0 Å². The first-order chi connectivity index (χ1) is 13.3. The van der Waals surface area contributed by atoms with Crippen LogP contribution in [0.5, 0.6) is 11.5 Å². The lowest BCUT2D eigenvalue weighted by Gasteiger charge is -2.19. The fourth-order valence-electron chi connectivity index (χ4n) is 3.35. The molecule has 138 valence electrons. The predicted octanol–water partition coefficient (Wildman–Crippen LogP) is 6.12. The smallest absolute Gasteiger partial charge is 0.229 e. The van der Waals surface area contributed by atoms with Gasteiger partial charge in [0.1, 0.15) is 11.5 Å². The van der Waals surface area contributed by atoms with E-state index < -0.39 is 0 Å². The molecule has 1 amide bonds. The normalized spacial score (nSPS) is 14.7. The van der Waals surface area contributed by atoms with Crippen molar-refractivity contribution in [2.24, 2.45) is 5.92 Å². The minimum absolute atomic E-state index is 0.113. The third-order valence-electron chi connectivity index (χ3n) is 4.84. The van der Waals surface area contributed by atoms with E-state index in [4.69, 9.17) is 4.74 Å². The monoisotopic (exact) mass is 378 g/mol. The molecule has 0 aliphatic heterocycles. The lowest BCUT2D eigenvalue weighted by molar-refractivity contribution is -0.120. The van der Waals surface area contributed by atoms with Crippen molar-refractivity contribution in [3.05, 3.63) is 60.0 Å². The van der Waals surface area contributed by atoms with E-state index in [1.54, 1.807) is 0 Å². The van der Waals surface area contributed by atoms with Crippen LogP contribution >= 0.6 is 11.3 Å². The van der Waals surface area contributed by atoms with Gasteiger partial charge in [-0.1, -0.05) is 37.5 Å². The molecule has 0 radical (unpaired) electrons. The molecule has 3 aromatic rings. The number of hydrogen-bond acceptors (Lipinski definition) is 4. The molecule has 0 atom stereocenters. The number of para-hydroxylation sites is 1. The quantitative estimate of drug-likeness (QED) is 0.582. The molecule has 0 spiro atoms. The number of nitrogens with zero attached hydrogens (tertiary/aromatic N) is 1. The van der Waals surface area contributed by atoms with Crippen LogP contribution in [-0.4, -0.2) is 10.9 Å². The maximum Gasteiger partial charge on any atom is 0.229 e. The largest absolute Gasteiger partial charge is 0.457 e. The second kappa shape index (κ2) is 8.35. The number of carbonyl (C=O) groups excluding carboxylic acids is 1. The topological polar surface area (TPSA) is 51.2 Å². The Morgan fingerprint density at radius 2 is 1.67 bits per heavy atom. The van der Waals surface area contributed by atoms with E-state index in [0.29, 0.717) is 5.13 Å². The summed E-state index contributed by atoms with van der Waals surface area (Å²) in [6.45, 7) is 0. The van der Waals surface area contributed by atoms with Crippen molar-refractivity contribution in [3.63, 3.8) is 0 Å². The van der Waals surface area contributed by atoms with Gasteiger partial charge in [-0.05, 0) is 49.2 Å². The van der Waals surface area contributed by atoms with Crippen LogP contribution in [0.25, 0.3) is 11.3 Å². The third kappa shape index (κ3) is 4.55. The summed E-state index contributed by atoms with van der Waals surface area (Å²) < 4.78 is 5.82. The third-order valence-corrected chi connectivity index (χ3v) is 5.60. The van der Waals surface area contributed by atoms with Crippen molar-refractivity contribution in [2.75, 3.05) is 5.32 Å². The first kappa shape index (κ1) is 17.7. The molecule has 5 heteroatoms. The van der Waals surface area contributed by atoms with Gasteiger partial charge in [0.05, 0.1) is 5.69 Å². The van der Waals surface area contributed by atoms with Crippen molar-refractivity contribution in [3.8, 4) is 22.8 Å². The van der Waals surface area contributed by atoms with Gasteiger partial charge in [-0.25, -0.2) is 4.98 Å². The predicted molar refractivity (Wildman–Crippen MR) is 109 cm³/mol. The average Bonchev–Trinajstić information content (AvgIpc) is 3.18. The van der Waals surface area contributed by atoms with Crippen LogP contribution in [0.1, 0.15) is 32.1 Å². The molecule has 1 aliphatic carbocycles. The number of aromatic nitrogens is 1. The van der Waals surface area contributed by atoms with Gasteiger partial charge in [0.2, 0.25) is 5.91 Å².